The lowest BCUT2D eigenvalue weighted by molar-refractivity contribution is 0.226. The molecule has 0 spiro atoms. The van der Waals surface area contributed by atoms with Gasteiger partial charge < -0.3 is 10.1 Å². The number of nitrogens with one attached hydrogen (secondary N) is 1. The molecule has 3 unspecified atom stereocenters. The zero-order valence-electron chi connectivity index (χ0n) is 12.4. The van der Waals surface area contributed by atoms with Gasteiger partial charge >= 0.3 is 0 Å². The Morgan fingerprint density at radius 2 is 2.10 bits per heavy atom. The molecule has 0 aromatic heterocycles. The number of para-hydroxylation sites is 1. The molecule has 3 atom stereocenters. The molecule has 1 aromatic carbocycles. The lowest BCUT2D eigenvalue weighted by atomic mass is 9.80. The average Bonchev–Trinajstić information content (AvgIpc) is 2.45. The summed E-state index contributed by atoms with van der Waals surface area (Å²) in [5.41, 5.74) is 1.13. The van der Waals surface area contributed by atoms with Crippen molar-refractivity contribution in [3.8, 4) is 11.8 Å². The van der Waals surface area contributed by atoms with Gasteiger partial charge in [-0.05, 0) is 37.2 Å². The van der Waals surface area contributed by atoms with Gasteiger partial charge in [-0.1, -0.05) is 32.0 Å². The highest BCUT2D eigenvalue weighted by Crippen LogP contribution is 2.29. The molecule has 0 radical (unpaired) electrons. The third-order valence-corrected chi connectivity index (χ3v) is 4.25. The predicted molar refractivity (Wildman–Crippen MR) is 80.4 cm³/mol. The van der Waals surface area contributed by atoms with Gasteiger partial charge in [0.25, 0.3) is 0 Å². The van der Waals surface area contributed by atoms with Gasteiger partial charge in [-0.15, -0.1) is 0 Å². The van der Waals surface area contributed by atoms with Crippen molar-refractivity contribution >= 4 is 0 Å². The zero-order valence-corrected chi connectivity index (χ0v) is 12.4. The van der Waals surface area contributed by atoms with Crippen LogP contribution in [0.5, 0.6) is 5.75 Å². The van der Waals surface area contributed by atoms with Crippen LogP contribution >= 0.6 is 0 Å². The van der Waals surface area contributed by atoms with Gasteiger partial charge in [-0.2, -0.15) is 5.26 Å². The predicted octanol–water partition coefficient (Wildman–Crippen LogP) is 3.50. The van der Waals surface area contributed by atoms with Gasteiger partial charge in [0, 0.05) is 18.2 Å². The molecule has 1 N–H and O–H groups in total. The Morgan fingerprint density at radius 1 is 1.30 bits per heavy atom. The number of rotatable bonds is 5. The van der Waals surface area contributed by atoms with Crippen molar-refractivity contribution in [2.24, 2.45) is 11.8 Å². The van der Waals surface area contributed by atoms with Gasteiger partial charge in [-0.3, -0.25) is 0 Å². The summed E-state index contributed by atoms with van der Waals surface area (Å²) in [6, 6.07) is 10.6. The van der Waals surface area contributed by atoms with Crippen LogP contribution in [0.2, 0.25) is 0 Å². The number of ether oxygens (including phenoxy) is 1. The molecule has 108 valence electrons. The second-order valence-electron chi connectivity index (χ2n) is 5.94. The fourth-order valence-corrected chi connectivity index (χ4v) is 3.11. The van der Waals surface area contributed by atoms with Gasteiger partial charge in [0.05, 0.1) is 0 Å². The topological polar surface area (TPSA) is 45.0 Å². The molecule has 0 heterocycles. The maximum absolute atomic E-state index is 8.62. The fraction of sp³-hybridized carbons (Fsp3) is 0.588. The number of hydrogen-bond acceptors (Lipinski definition) is 3. The summed E-state index contributed by atoms with van der Waals surface area (Å²) in [7, 11) is 0. The molecule has 1 aliphatic carbocycles. The van der Waals surface area contributed by atoms with Crippen LogP contribution in [0, 0.1) is 23.2 Å². The number of hydrogen-bond donors (Lipinski definition) is 1. The van der Waals surface area contributed by atoms with Crippen LogP contribution in [-0.4, -0.2) is 12.6 Å². The fourth-order valence-electron chi connectivity index (χ4n) is 3.11. The monoisotopic (exact) mass is 272 g/mol. The standard InChI is InChI=1S/C17H24N2O/c1-13-7-8-16(14(2)11-13)19-12-15-5-3-4-6-17(15)20-10-9-18/h3-6,13-14,16,19H,7-8,10-12H2,1-2H3. The molecule has 0 bridgehead atoms. The van der Waals surface area contributed by atoms with Crippen LogP contribution < -0.4 is 10.1 Å². The molecule has 0 saturated heterocycles. The molecule has 3 heteroatoms. The summed E-state index contributed by atoms with van der Waals surface area (Å²) >= 11 is 0. The Morgan fingerprint density at radius 3 is 2.85 bits per heavy atom. The third-order valence-electron chi connectivity index (χ3n) is 4.25. The highest BCUT2D eigenvalue weighted by Gasteiger charge is 2.24. The molecule has 2 rings (SSSR count). The molecule has 0 amide bonds. The van der Waals surface area contributed by atoms with Crippen molar-refractivity contribution in [1.82, 2.24) is 5.32 Å². The lowest BCUT2D eigenvalue weighted by Gasteiger charge is -2.33. The smallest absolute Gasteiger partial charge is 0.174 e. The molecular weight excluding hydrogens is 248 g/mol. The largest absolute Gasteiger partial charge is 0.478 e. The first kappa shape index (κ1) is 14.9. The minimum atomic E-state index is 0.106. The van der Waals surface area contributed by atoms with Crippen LogP contribution in [0.1, 0.15) is 38.7 Å². The Kier molecular flexibility index (Phi) is 5.43. The number of nitrogens with zero attached hydrogens (tertiary/aromatic N) is 1. The average molecular weight is 272 g/mol. The Bertz CT molecular complexity index is 466. The molecule has 1 saturated carbocycles. The highest BCUT2D eigenvalue weighted by atomic mass is 16.5. The van der Waals surface area contributed by atoms with Crippen molar-refractivity contribution in [3.63, 3.8) is 0 Å². The van der Waals surface area contributed by atoms with E-state index in [2.05, 4.69) is 25.2 Å². The van der Waals surface area contributed by atoms with Gasteiger partial charge in [0.2, 0.25) is 0 Å². The van der Waals surface area contributed by atoms with Crippen LogP contribution in [0.15, 0.2) is 24.3 Å². The summed E-state index contributed by atoms with van der Waals surface area (Å²) in [5, 5.41) is 12.3. The van der Waals surface area contributed by atoms with E-state index >= 15 is 0 Å². The Labute approximate surface area is 121 Å². The van der Waals surface area contributed by atoms with E-state index in [-0.39, 0.29) is 6.61 Å². The first-order valence-electron chi connectivity index (χ1n) is 7.51. The van der Waals surface area contributed by atoms with Gasteiger partial charge in [0.1, 0.15) is 11.8 Å². The molecule has 20 heavy (non-hydrogen) atoms. The van der Waals surface area contributed by atoms with E-state index < -0.39 is 0 Å². The summed E-state index contributed by atoms with van der Waals surface area (Å²) in [6.07, 6.45) is 3.88. The van der Waals surface area contributed by atoms with E-state index in [1.165, 1.54) is 19.3 Å². The second-order valence-corrected chi connectivity index (χ2v) is 5.94. The van der Waals surface area contributed by atoms with E-state index in [9.17, 15) is 0 Å². The highest BCUT2D eigenvalue weighted by molar-refractivity contribution is 5.33. The van der Waals surface area contributed by atoms with Crippen molar-refractivity contribution < 1.29 is 4.74 Å². The molecule has 1 aliphatic rings. The third kappa shape index (κ3) is 3.98. The lowest BCUT2D eigenvalue weighted by Crippen LogP contribution is -2.38. The van der Waals surface area contributed by atoms with Crippen LogP contribution in [-0.2, 0) is 6.54 Å². The molecule has 1 fully saturated rings. The van der Waals surface area contributed by atoms with Gasteiger partial charge in [-0.25, -0.2) is 0 Å². The quantitative estimate of drug-likeness (QED) is 0.892. The summed E-state index contributed by atoms with van der Waals surface area (Å²) in [6.45, 7) is 5.60. The van der Waals surface area contributed by atoms with Crippen LogP contribution in [0.4, 0.5) is 0 Å². The first-order chi connectivity index (χ1) is 9.70. The SMILES string of the molecule is CC1CCC(NCc2ccccc2OCC#N)C(C)C1. The van der Waals surface area contributed by atoms with Gasteiger partial charge in [0.15, 0.2) is 6.61 Å². The number of benzene rings is 1. The van der Waals surface area contributed by atoms with E-state index in [0.717, 1.165) is 29.7 Å². The molecular formula is C17H24N2O. The van der Waals surface area contributed by atoms with E-state index in [4.69, 9.17) is 10.00 Å². The minimum absolute atomic E-state index is 0.106. The summed E-state index contributed by atoms with van der Waals surface area (Å²) in [4.78, 5) is 0. The molecule has 3 nitrogen and oxygen atoms in total. The Hall–Kier alpha value is -1.53. The van der Waals surface area contributed by atoms with Crippen molar-refractivity contribution in [2.45, 2.75) is 45.7 Å². The normalized spacial score (nSPS) is 25.9. The van der Waals surface area contributed by atoms with Crippen LogP contribution in [0.3, 0.4) is 0 Å². The second kappa shape index (κ2) is 7.31. The van der Waals surface area contributed by atoms with Crippen molar-refractivity contribution in [3.05, 3.63) is 29.8 Å². The van der Waals surface area contributed by atoms with E-state index in [1.54, 1.807) is 0 Å². The maximum atomic E-state index is 8.62. The zero-order chi connectivity index (χ0) is 14.4. The van der Waals surface area contributed by atoms with Crippen molar-refractivity contribution in [2.75, 3.05) is 6.61 Å². The molecule has 1 aromatic rings. The Balaban J connectivity index is 1.92. The first-order valence-corrected chi connectivity index (χ1v) is 7.51. The van der Waals surface area contributed by atoms with E-state index in [0.29, 0.717) is 6.04 Å². The molecule has 0 aliphatic heterocycles. The minimum Gasteiger partial charge on any atom is -0.478 e. The van der Waals surface area contributed by atoms with E-state index in [1.807, 2.05) is 24.3 Å². The van der Waals surface area contributed by atoms with Crippen molar-refractivity contribution in [1.29, 1.82) is 5.26 Å². The maximum Gasteiger partial charge on any atom is 0.174 e. The summed E-state index contributed by atoms with van der Waals surface area (Å²) in [5.74, 6) is 2.40. The number of nitriles is 1. The van der Waals surface area contributed by atoms with Crippen LogP contribution in [0.25, 0.3) is 0 Å². The summed E-state index contributed by atoms with van der Waals surface area (Å²) < 4.78 is 5.47.